The summed E-state index contributed by atoms with van der Waals surface area (Å²) in [5, 5.41) is 3.46. The van der Waals surface area contributed by atoms with E-state index in [-0.39, 0.29) is 12.4 Å². The molecule has 1 aromatic rings. The number of ether oxygens (including phenoxy) is 1. The highest BCUT2D eigenvalue weighted by atomic mass is 35.5. The summed E-state index contributed by atoms with van der Waals surface area (Å²) in [4.78, 5) is 14.5. The standard InChI is InChI=1S/C19H28N2O2S.ClH/c1-23-18-4-2-15(3-5-18)12-16-6-9-21(10-7-16)19(22)13-17-14-24-11-8-20-17;/h2-5,16-17,20H,6-14H2,1H3;1H. The maximum atomic E-state index is 12.5. The van der Waals surface area contributed by atoms with Crippen molar-refractivity contribution >= 4 is 30.1 Å². The first-order valence-electron chi connectivity index (χ1n) is 8.96. The zero-order valence-corrected chi connectivity index (χ0v) is 16.5. The molecule has 4 nitrogen and oxygen atoms in total. The molecule has 140 valence electrons. The lowest BCUT2D eigenvalue weighted by Crippen LogP contribution is -2.45. The van der Waals surface area contributed by atoms with Gasteiger partial charge in [-0.2, -0.15) is 11.8 Å². The topological polar surface area (TPSA) is 41.6 Å². The summed E-state index contributed by atoms with van der Waals surface area (Å²) >= 11 is 1.95. The molecule has 0 aromatic heterocycles. The quantitative estimate of drug-likeness (QED) is 0.847. The Hall–Kier alpha value is -0.910. The maximum absolute atomic E-state index is 12.5. The zero-order valence-electron chi connectivity index (χ0n) is 14.9. The predicted octanol–water partition coefficient (Wildman–Crippen LogP) is 2.99. The van der Waals surface area contributed by atoms with Crippen LogP contribution in [0, 0.1) is 5.92 Å². The highest BCUT2D eigenvalue weighted by molar-refractivity contribution is 7.99. The SMILES string of the molecule is COc1ccc(CC2CCN(C(=O)CC3CSCCN3)CC2)cc1.Cl. The van der Waals surface area contributed by atoms with E-state index in [0.29, 0.717) is 24.3 Å². The number of rotatable bonds is 5. The number of nitrogens with zero attached hydrogens (tertiary/aromatic N) is 1. The van der Waals surface area contributed by atoms with Gasteiger partial charge in [0, 0.05) is 43.6 Å². The smallest absolute Gasteiger partial charge is 0.224 e. The molecule has 0 saturated carbocycles. The number of piperidine rings is 1. The largest absolute Gasteiger partial charge is 0.497 e. The molecule has 1 aromatic carbocycles. The normalized spacial score (nSPS) is 21.5. The van der Waals surface area contributed by atoms with Crippen LogP contribution in [-0.2, 0) is 11.2 Å². The molecule has 0 bridgehead atoms. The van der Waals surface area contributed by atoms with Gasteiger partial charge in [0.25, 0.3) is 0 Å². The van der Waals surface area contributed by atoms with Crippen molar-refractivity contribution in [3.8, 4) is 5.75 Å². The Morgan fingerprint density at radius 1 is 1.28 bits per heavy atom. The van der Waals surface area contributed by atoms with E-state index >= 15 is 0 Å². The van der Waals surface area contributed by atoms with Crippen molar-refractivity contribution in [2.45, 2.75) is 31.7 Å². The average molecular weight is 385 g/mol. The summed E-state index contributed by atoms with van der Waals surface area (Å²) in [5.41, 5.74) is 1.36. The second kappa shape index (κ2) is 10.3. The van der Waals surface area contributed by atoms with Crippen molar-refractivity contribution in [3.05, 3.63) is 29.8 Å². The van der Waals surface area contributed by atoms with Gasteiger partial charge in [-0.1, -0.05) is 12.1 Å². The van der Waals surface area contributed by atoms with Crippen LogP contribution in [0.1, 0.15) is 24.8 Å². The van der Waals surface area contributed by atoms with E-state index in [9.17, 15) is 4.79 Å². The Kier molecular flexibility index (Phi) is 8.40. The number of methoxy groups -OCH3 is 1. The van der Waals surface area contributed by atoms with Crippen LogP contribution in [0.25, 0.3) is 0 Å². The summed E-state index contributed by atoms with van der Waals surface area (Å²) in [6.45, 7) is 2.87. The van der Waals surface area contributed by atoms with Gasteiger partial charge in [0.1, 0.15) is 5.75 Å². The second-order valence-electron chi connectivity index (χ2n) is 6.81. The Labute approximate surface area is 161 Å². The highest BCUT2D eigenvalue weighted by Gasteiger charge is 2.25. The minimum absolute atomic E-state index is 0. The van der Waals surface area contributed by atoms with Gasteiger partial charge < -0.3 is 15.0 Å². The van der Waals surface area contributed by atoms with Crippen molar-refractivity contribution in [1.82, 2.24) is 10.2 Å². The van der Waals surface area contributed by atoms with E-state index < -0.39 is 0 Å². The lowest BCUT2D eigenvalue weighted by molar-refractivity contribution is -0.133. The molecule has 1 atom stereocenters. The van der Waals surface area contributed by atoms with Gasteiger partial charge in [-0.15, -0.1) is 12.4 Å². The van der Waals surface area contributed by atoms with Crippen LogP contribution in [0.2, 0.25) is 0 Å². The first kappa shape index (κ1) is 20.4. The summed E-state index contributed by atoms with van der Waals surface area (Å²) in [5.74, 6) is 4.17. The maximum Gasteiger partial charge on any atom is 0.224 e. The molecule has 0 aliphatic carbocycles. The molecular formula is C19H29ClN2O2S. The van der Waals surface area contributed by atoms with Crippen LogP contribution < -0.4 is 10.1 Å². The number of likely N-dealkylation sites (tertiary alicyclic amines) is 1. The molecule has 3 rings (SSSR count). The zero-order chi connectivity index (χ0) is 16.8. The number of halogens is 1. The summed E-state index contributed by atoms with van der Waals surface area (Å²) in [6.07, 6.45) is 4.00. The van der Waals surface area contributed by atoms with Crippen LogP contribution in [0.4, 0.5) is 0 Å². The first-order valence-corrected chi connectivity index (χ1v) is 10.1. The molecular weight excluding hydrogens is 356 g/mol. The number of carbonyl (C=O) groups is 1. The molecule has 2 saturated heterocycles. The number of thioether (sulfide) groups is 1. The van der Waals surface area contributed by atoms with Crippen LogP contribution in [-0.4, -0.2) is 55.1 Å². The van der Waals surface area contributed by atoms with Crippen molar-refractivity contribution in [2.75, 3.05) is 38.2 Å². The van der Waals surface area contributed by atoms with Crippen LogP contribution in [0.3, 0.4) is 0 Å². The summed E-state index contributed by atoms with van der Waals surface area (Å²) in [6, 6.07) is 8.74. The van der Waals surface area contributed by atoms with E-state index in [1.165, 1.54) is 11.3 Å². The highest BCUT2D eigenvalue weighted by Crippen LogP contribution is 2.24. The molecule has 0 radical (unpaired) electrons. The lowest BCUT2D eigenvalue weighted by Gasteiger charge is -2.33. The van der Waals surface area contributed by atoms with Gasteiger partial charge in [0.2, 0.25) is 5.91 Å². The monoisotopic (exact) mass is 384 g/mol. The van der Waals surface area contributed by atoms with Crippen LogP contribution in [0.15, 0.2) is 24.3 Å². The van der Waals surface area contributed by atoms with Gasteiger partial charge in [-0.05, 0) is 42.9 Å². The fraction of sp³-hybridized carbons (Fsp3) is 0.632. The van der Waals surface area contributed by atoms with Gasteiger partial charge in [-0.3, -0.25) is 4.79 Å². The number of benzene rings is 1. The number of amides is 1. The molecule has 0 spiro atoms. The van der Waals surface area contributed by atoms with Crippen LogP contribution >= 0.6 is 24.2 Å². The Bertz CT molecular complexity index is 527. The Morgan fingerprint density at radius 2 is 2.00 bits per heavy atom. The molecule has 25 heavy (non-hydrogen) atoms. The molecule has 2 fully saturated rings. The Balaban J connectivity index is 0.00000225. The third kappa shape index (κ3) is 6.08. The number of hydrogen-bond acceptors (Lipinski definition) is 4. The number of hydrogen-bond donors (Lipinski definition) is 1. The average Bonchev–Trinajstić information content (AvgIpc) is 2.64. The van der Waals surface area contributed by atoms with Gasteiger partial charge in [0.15, 0.2) is 0 Å². The number of carbonyl (C=O) groups excluding carboxylic acids is 1. The minimum atomic E-state index is 0. The first-order chi connectivity index (χ1) is 11.7. The fourth-order valence-corrected chi connectivity index (χ4v) is 4.52. The van der Waals surface area contributed by atoms with Crippen molar-refractivity contribution in [1.29, 1.82) is 0 Å². The third-order valence-electron chi connectivity index (χ3n) is 5.07. The molecule has 1 N–H and O–H groups in total. The summed E-state index contributed by atoms with van der Waals surface area (Å²) < 4.78 is 5.21. The molecule has 2 heterocycles. The predicted molar refractivity (Wildman–Crippen MR) is 107 cm³/mol. The Morgan fingerprint density at radius 3 is 2.60 bits per heavy atom. The summed E-state index contributed by atoms with van der Waals surface area (Å²) in [7, 11) is 1.70. The molecule has 1 unspecified atom stereocenters. The molecule has 6 heteroatoms. The van der Waals surface area contributed by atoms with E-state index in [1.54, 1.807) is 7.11 Å². The third-order valence-corrected chi connectivity index (χ3v) is 6.20. The van der Waals surface area contributed by atoms with Gasteiger partial charge in [0.05, 0.1) is 7.11 Å². The van der Waals surface area contributed by atoms with E-state index in [0.717, 1.165) is 50.4 Å². The van der Waals surface area contributed by atoms with Gasteiger partial charge in [-0.25, -0.2) is 0 Å². The van der Waals surface area contributed by atoms with E-state index in [1.807, 2.05) is 23.9 Å². The molecule has 2 aliphatic rings. The van der Waals surface area contributed by atoms with E-state index in [4.69, 9.17) is 4.74 Å². The second-order valence-corrected chi connectivity index (χ2v) is 7.96. The van der Waals surface area contributed by atoms with Crippen LogP contribution in [0.5, 0.6) is 5.75 Å². The minimum Gasteiger partial charge on any atom is -0.497 e. The lowest BCUT2D eigenvalue weighted by atomic mass is 9.90. The van der Waals surface area contributed by atoms with Crippen molar-refractivity contribution < 1.29 is 9.53 Å². The van der Waals surface area contributed by atoms with Gasteiger partial charge >= 0.3 is 0 Å². The fourth-order valence-electron chi connectivity index (χ4n) is 3.57. The van der Waals surface area contributed by atoms with Crippen molar-refractivity contribution in [3.63, 3.8) is 0 Å². The number of nitrogens with one attached hydrogen (secondary N) is 1. The molecule has 2 aliphatic heterocycles. The van der Waals surface area contributed by atoms with Crippen molar-refractivity contribution in [2.24, 2.45) is 5.92 Å². The van der Waals surface area contributed by atoms with E-state index in [2.05, 4.69) is 22.3 Å². The molecule has 1 amide bonds.